The Labute approximate surface area is 169 Å². The third kappa shape index (κ3) is 4.57. The first-order valence-corrected chi connectivity index (χ1v) is 9.88. The van der Waals surface area contributed by atoms with Gasteiger partial charge in [-0.3, -0.25) is 0 Å². The molecule has 2 aromatic carbocycles. The minimum Gasteiger partial charge on any atom is -0.382 e. The Bertz CT molecular complexity index is 1010. The van der Waals surface area contributed by atoms with Gasteiger partial charge in [0, 0.05) is 36.9 Å². The molecule has 4 aromatic rings. The number of H-pyrrole nitrogens is 1. The normalized spacial score (nSPS) is 11.1. The maximum absolute atomic E-state index is 5.48. The molecular weight excluding hydrogens is 364 g/mol. The van der Waals surface area contributed by atoms with E-state index in [0.717, 1.165) is 43.7 Å². The number of imidazole rings is 1. The largest absolute Gasteiger partial charge is 0.382 e. The number of benzene rings is 2. The number of tetrazole rings is 1. The van der Waals surface area contributed by atoms with Gasteiger partial charge in [0.05, 0.1) is 6.33 Å². The van der Waals surface area contributed by atoms with E-state index in [1.807, 2.05) is 23.8 Å². The van der Waals surface area contributed by atoms with Gasteiger partial charge in [-0.15, -0.1) is 10.2 Å². The number of aromatic nitrogens is 6. The van der Waals surface area contributed by atoms with Crippen LogP contribution in [0.1, 0.15) is 25.3 Å². The molecule has 0 unspecified atom stereocenters. The first-order valence-electron chi connectivity index (χ1n) is 9.88. The van der Waals surface area contributed by atoms with E-state index in [0.29, 0.717) is 5.82 Å². The molecule has 0 bridgehead atoms. The molecule has 0 aliphatic rings. The maximum Gasteiger partial charge on any atom is 0.204 e. The summed E-state index contributed by atoms with van der Waals surface area (Å²) in [7, 11) is 0. The highest BCUT2D eigenvalue weighted by molar-refractivity contribution is 5.72. The first kappa shape index (κ1) is 19.0. The van der Waals surface area contributed by atoms with E-state index < -0.39 is 0 Å². The van der Waals surface area contributed by atoms with Crippen LogP contribution < -0.4 is 0 Å². The topological polar surface area (TPSA) is 81.5 Å². The SMILES string of the molecule is CCOCCCCc1cc(-c2nn[nH]n2)ccc1-c1ccc(-n2ccnc2)cc1. The van der Waals surface area contributed by atoms with Crippen LogP contribution >= 0.6 is 0 Å². The Morgan fingerprint density at radius 1 is 1.03 bits per heavy atom. The molecule has 2 heterocycles. The molecule has 0 aliphatic carbocycles. The molecule has 0 fully saturated rings. The molecule has 0 spiro atoms. The Morgan fingerprint density at radius 2 is 1.90 bits per heavy atom. The first-order chi connectivity index (χ1) is 14.3. The minimum absolute atomic E-state index is 0.613. The van der Waals surface area contributed by atoms with E-state index in [9.17, 15) is 0 Å². The number of ether oxygens (including phenoxy) is 1. The van der Waals surface area contributed by atoms with Gasteiger partial charge in [0.2, 0.25) is 5.82 Å². The molecule has 4 rings (SSSR count). The molecule has 148 valence electrons. The zero-order chi connectivity index (χ0) is 19.9. The second kappa shape index (κ2) is 9.25. The Balaban J connectivity index is 1.60. The van der Waals surface area contributed by atoms with Crippen molar-refractivity contribution in [3.8, 4) is 28.2 Å². The fraction of sp³-hybridized carbons (Fsp3) is 0.273. The summed E-state index contributed by atoms with van der Waals surface area (Å²) in [5.74, 6) is 0.613. The van der Waals surface area contributed by atoms with Crippen molar-refractivity contribution in [2.24, 2.45) is 0 Å². The van der Waals surface area contributed by atoms with Crippen molar-refractivity contribution < 1.29 is 4.74 Å². The highest BCUT2D eigenvalue weighted by Gasteiger charge is 2.10. The molecule has 1 N–H and O–H groups in total. The summed E-state index contributed by atoms with van der Waals surface area (Å²) >= 11 is 0. The second-order valence-corrected chi connectivity index (χ2v) is 6.78. The van der Waals surface area contributed by atoms with Crippen LogP contribution in [0.3, 0.4) is 0 Å². The summed E-state index contributed by atoms with van der Waals surface area (Å²) in [5, 5.41) is 14.4. The van der Waals surface area contributed by atoms with Gasteiger partial charge in [-0.1, -0.05) is 24.3 Å². The standard InChI is InChI=1S/C22H24N6O/c1-2-29-14-4-3-5-18-15-19(22-24-26-27-25-22)8-11-21(18)17-6-9-20(10-7-17)28-13-12-23-16-28/h6-13,15-16H,2-5,14H2,1H3,(H,24,25,26,27). The van der Waals surface area contributed by atoms with Crippen LogP contribution in [-0.4, -0.2) is 43.4 Å². The highest BCUT2D eigenvalue weighted by Crippen LogP contribution is 2.29. The fourth-order valence-electron chi connectivity index (χ4n) is 3.39. The fourth-order valence-corrected chi connectivity index (χ4v) is 3.39. The van der Waals surface area contributed by atoms with Crippen LogP contribution in [0.2, 0.25) is 0 Å². The maximum atomic E-state index is 5.48. The summed E-state index contributed by atoms with van der Waals surface area (Å²) in [4.78, 5) is 4.12. The second-order valence-electron chi connectivity index (χ2n) is 6.78. The predicted octanol–water partition coefficient (Wildman–Crippen LogP) is 4.08. The van der Waals surface area contributed by atoms with E-state index in [-0.39, 0.29) is 0 Å². The van der Waals surface area contributed by atoms with Crippen molar-refractivity contribution in [2.75, 3.05) is 13.2 Å². The number of unbranched alkanes of at least 4 members (excludes halogenated alkanes) is 1. The summed E-state index contributed by atoms with van der Waals surface area (Å²) in [6.45, 7) is 3.59. The number of aromatic amines is 1. The van der Waals surface area contributed by atoms with E-state index in [1.165, 1.54) is 16.7 Å². The quantitative estimate of drug-likeness (QED) is 0.437. The lowest BCUT2D eigenvalue weighted by Crippen LogP contribution is -1.97. The third-order valence-electron chi connectivity index (χ3n) is 4.88. The number of nitrogens with one attached hydrogen (secondary N) is 1. The van der Waals surface area contributed by atoms with Gasteiger partial charge in [-0.25, -0.2) is 4.98 Å². The number of nitrogens with zero attached hydrogens (tertiary/aromatic N) is 5. The molecule has 7 heteroatoms. The molecule has 0 amide bonds. The van der Waals surface area contributed by atoms with Gasteiger partial charge in [0.1, 0.15) is 0 Å². The molecule has 7 nitrogen and oxygen atoms in total. The molecule has 0 radical (unpaired) electrons. The summed E-state index contributed by atoms with van der Waals surface area (Å²) in [6, 6.07) is 14.9. The summed E-state index contributed by atoms with van der Waals surface area (Å²) in [5.41, 5.74) is 5.75. The van der Waals surface area contributed by atoms with Gasteiger partial charge in [-0.05, 0) is 66.3 Å². The average Bonchev–Trinajstić information content (AvgIpc) is 3.48. The zero-order valence-corrected chi connectivity index (χ0v) is 16.5. The van der Waals surface area contributed by atoms with E-state index >= 15 is 0 Å². The lowest BCUT2D eigenvalue weighted by Gasteiger charge is -2.12. The number of rotatable bonds is 9. The van der Waals surface area contributed by atoms with Gasteiger partial charge in [-0.2, -0.15) is 5.21 Å². The van der Waals surface area contributed by atoms with Gasteiger partial charge in [0.25, 0.3) is 0 Å². The van der Waals surface area contributed by atoms with Crippen LogP contribution in [0.4, 0.5) is 0 Å². The average molecular weight is 388 g/mol. The predicted molar refractivity (Wildman–Crippen MR) is 112 cm³/mol. The third-order valence-corrected chi connectivity index (χ3v) is 4.88. The molecule has 0 saturated carbocycles. The van der Waals surface area contributed by atoms with E-state index in [2.05, 4.69) is 62.0 Å². The summed E-state index contributed by atoms with van der Waals surface area (Å²) in [6.07, 6.45) is 8.61. The number of hydrogen-bond donors (Lipinski definition) is 1. The van der Waals surface area contributed by atoms with Crippen LogP contribution in [0, 0.1) is 0 Å². The number of aryl methyl sites for hydroxylation is 1. The molecule has 0 atom stereocenters. The van der Waals surface area contributed by atoms with Crippen molar-refractivity contribution in [3.63, 3.8) is 0 Å². The Hall–Kier alpha value is -3.32. The van der Waals surface area contributed by atoms with Crippen molar-refractivity contribution in [1.29, 1.82) is 0 Å². The number of hydrogen-bond acceptors (Lipinski definition) is 5. The van der Waals surface area contributed by atoms with Crippen molar-refractivity contribution in [2.45, 2.75) is 26.2 Å². The zero-order valence-electron chi connectivity index (χ0n) is 16.5. The highest BCUT2D eigenvalue weighted by atomic mass is 16.5. The van der Waals surface area contributed by atoms with E-state index in [4.69, 9.17) is 4.74 Å². The summed E-state index contributed by atoms with van der Waals surface area (Å²) < 4.78 is 7.48. The lowest BCUT2D eigenvalue weighted by molar-refractivity contribution is 0.143. The molecule has 0 saturated heterocycles. The van der Waals surface area contributed by atoms with Gasteiger partial charge < -0.3 is 9.30 Å². The monoisotopic (exact) mass is 388 g/mol. The van der Waals surface area contributed by atoms with Crippen LogP contribution in [0.5, 0.6) is 0 Å². The van der Waals surface area contributed by atoms with Crippen molar-refractivity contribution in [1.82, 2.24) is 30.2 Å². The molecule has 2 aromatic heterocycles. The Morgan fingerprint density at radius 3 is 2.62 bits per heavy atom. The van der Waals surface area contributed by atoms with Crippen LogP contribution in [-0.2, 0) is 11.2 Å². The van der Waals surface area contributed by atoms with Crippen molar-refractivity contribution in [3.05, 3.63) is 66.7 Å². The minimum atomic E-state index is 0.613. The molecular formula is C22H24N6O. The molecule has 0 aliphatic heterocycles. The van der Waals surface area contributed by atoms with E-state index in [1.54, 1.807) is 12.5 Å². The lowest BCUT2D eigenvalue weighted by atomic mass is 9.94. The van der Waals surface area contributed by atoms with Crippen LogP contribution in [0.15, 0.2) is 61.2 Å². The smallest absolute Gasteiger partial charge is 0.204 e. The van der Waals surface area contributed by atoms with Gasteiger partial charge in [0.15, 0.2) is 0 Å². The Kier molecular flexibility index (Phi) is 6.07. The van der Waals surface area contributed by atoms with Crippen molar-refractivity contribution >= 4 is 0 Å². The molecule has 29 heavy (non-hydrogen) atoms. The van der Waals surface area contributed by atoms with Crippen LogP contribution in [0.25, 0.3) is 28.2 Å². The van der Waals surface area contributed by atoms with Gasteiger partial charge >= 0.3 is 0 Å².